The highest BCUT2D eigenvalue weighted by Gasteiger charge is 2.42. The van der Waals surface area contributed by atoms with Crippen molar-refractivity contribution in [1.82, 2.24) is 0 Å². The van der Waals surface area contributed by atoms with E-state index in [0.717, 1.165) is 6.42 Å². The van der Waals surface area contributed by atoms with Crippen LogP contribution in [0.4, 0.5) is 0 Å². The Morgan fingerprint density at radius 1 is 1.30 bits per heavy atom. The molecule has 4 atom stereocenters. The van der Waals surface area contributed by atoms with Crippen molar-refractivity contribution >= 4 is 11.6 Å². The highest BCUT2D eigenvalue weighted by Crippen LogP contribution is 2.50. The first kappa shape index (κ1) is 14.9. The molecule has 0 radical (unpaired) electrons. The Labute approximate surface area is 127 Å². The first-order chi connectivity index (χ1) is 9.51. The zero-order chi connectivity index (χ0) is 14.3. The van der Waals surface area contributed by atoms with E-state index in [1.165, 1.54) is 25.7 Å². The number of ether oxygens (including phenoxy) is 2. The fourth-order valence-corrected chi connectivity index (χ4v) is 4.45. The highest BCUT2D eigenvalue weighted by molar-refractivity contribution is 6.18. The molecule has 0 saturated carbocycles. The maximum atomic E-state index is 5.99. The van der Waals surface area contributed by atoms with Crippen LogP contribution in [0.5, 0.6) is 0 Å². The molecule has 3 heteroatoms. The van der Waals surface area contributed by atoms with Gasteiger partial charge in [-0.15, -0.1) is 11.6 Å². The number of rotatable bonds is 2. The summed E-state index contributed by atoms with van der Waals surface area (Å²) in [4.78, 5) is 0. The van der Waals surface area contributed by atoms with Crippen LogP contribution >= 0.6 is 11.6 Å². The molecule has 3 rings (SSSR count). The normalized spacial score (nSPS) is 40.8. The Kier molecular flexibility index (Phi) is 4.18. The van der Waals surface area contributed by atoms with E-state index in [2.05, 4.69) is 20.8 Å². The molecule has 20 heavy (non-hydrogen) atoms. The van der Waals surface area contributed by atoms with E-state index in [9.17, 15) is 0 Å². The lowest BCUT2D eigenvalue weighted by molar-refractivity contribution is -0.110. The van der Waals surface area contributed by atoms with Gasteiger partial charge in [0.2, 0.25) is 0 Å². The maximum Gasteiger partial charge on any atom is 0.161 e. The zero-order valence-corrected chi connectivity index (χ0v) is 13.7. The largest absolute Gasteiger partial charge is 0.350 e. The van der Waals surface area contributed by atoms with Crippen LogP contribution in [0.25, 0.3) is 0 Å². The summed E-state index contributed by atoms with van der Waals surface area (Å²) in [5.41, 5.74) is 3.81. The number of allylic oxidation sites excluding steroid dienone is 2. The van der Waals surface area contributed by atoms with Crippen LogP contribution in [0.3, 0.4) is 0 Å². The van der Waals surface area contributed by atoms with E-state index < -0.39 is 0 Å². The molecule has 0 aromatic carbocycles. The fraction of sp³-hybridized carbons (Fsp3) is 0.882. The molecule has 4 unspecified atom stereocenters. The molecular formula is C17H27ClO2. The number of hydrogen-bond acceptors (Lipinski definition) is 2. The zero-order valence-electron chi connectivity index (χ0n) is 13.0. The lowest BCUT2D eigenvalue weighted by Gasteiger charge is -2.44. The predicted molar refractivity (Wildman–Crippen MR) is 81.9 cm³/mol. The molecule has 2 aliphatic carbocycles. The second kappa shape index (κ2) is 5.62. The molecule has 0 aromatic heterocycles. The average molecular weight is 299 g/mol. The summed E-state index contributed by atoms with van der Waals surface area (Å²) in [5, 5.41) is 0. The Morgan fingerprint density at radius 2 is 2.10 bits per heavy atom. The molecule has 3 aliphatic rings. The van der Waals surface area contributed by atoms with Crippen LogP contribution in [0, 0.1) is 17.3 Å². The van der Waals surface area contributed by atoms with Gasteiger partial charge in [0.25, 0.3) is 0 Å². The molecule has 0 N–H and O–H groups in total. The van der Waals surface area contributed by atoms with Crippen LogP contribution < -0.4 is 0 Å². The summed E-state index contributed by atoms with van der Waals surface area (Å²) < 4.78 is 11.9. The van der Waals surface area contributed by atoms with E-state index in [-0.39, 0.29) is 12.4 Å². The number of alkyl halides is 1. The van der Waals surface area contributed by atoms with Crippen molar-refractivity contribution in [2.24, 2.45) is 17.3 Å². The quantitative estimate of drug-likeness (QED) is 0.551. The van der Waals surface area contributed by atoms with E-state index in [0.29, 0.717) is 29.7 Å². The molecule has 0 aromatic rings. The second-order valence-corrected chi connectivity index (χ2v) is 7.79. The standard InChI is InChI=1S/C17H27ClO2/c1-11-7-12-5-4-6-17(2,3)15(12)8-14(11)16-19-10-13(9-18)20-16/h11,13-14,16H,4-10H2,1-3H3. The topological polar surface area (TPSA) is 18.5 Å². The summed E-state index contributed by atoms with van der Waals surface area (Å²) in [6.45, 7) is 7.84. The minimum atomic E-state index is -0.0412. The van der Waals surface area contributed by atoms with Gasteiger partial charge in [0, 0.05) is 5.92 Å². The SMILES string of the molecule is CC1CC2=C(CC1C1OCC(CCl)O1)C(C)(C)CCC2. The molecule has 1 saturated heterocycles. The van der Waals surface area contributed by atoms with E-state index in [4.69, 9.17) is 21.1 Å². The molecule has 1 fully saturated rings. The minimum absolute atomic E-state index is 0.0412. The summed E-state index contributed by atoms with van der Waals surface area (Å²) >= 11 is 5.89. The molecule has 1 heterocycles. The Balaban J connectivity index is 1.77. The van der Waals surface area contributed by atoms with Crippen LogP contribution in [0.15, 0.2) is 11.1 Å². The van der Waals surface area contributed by atoms with Gasteiger partial charge >= 0.3 is 0 Å². The second-order valence-electron chi connectivity index (χ2n) is 7.48. The van der Waals surface area contributed by atoms with Crippen molar-refractivity contribution < 1.29 is 9.47 Å². The first-order valence-electron chi connectivity index (χ1n) is 8.05. The Bertz CT molecular complexity index is 402. The van der Waals surface area contributed by atoms with Crippen molar-refractivity contribution in [3.63, 3.8) is 0 Å². The first-order valence-corrected chi connectivity index (χ1v) is 8.59. The van der Waals surface area contributed by atoms with Gasteiger partial charge in [-0.3, -0.25) is 0 Å². The molecule has 114 valence electrons. The van der Waals surface area contributed by atoms with Gasteiger partial charge in [0.1, 0.15) is 0 Å². The van der Waals surface area contributed by atoms with Crippen molar-refractivity contribution in [2.45, 2.75) is 65.3 Å². The van der Waals surface area contributed by atoms with Crippen molar-refractivity contribution in [3.05, 3.63) is 11.1 Å². The third-order valence-corrected chi connectivity index (χ3v) is 5.90. The van der Waals surface area contributed by atoms with Gasteiger partial charge in [-0.05, 0) is 43.4 Å². The number of hydrogen-bond donors (Lipinski definition) is 0. The third kappa shape index (κ3) is 2.67. The minimum Gasteiger partial charge on any atom is -0.350 e. The molecule has 2 nitrogen and oxygen atoms in total. The molecule has 0 spiro atoms. The molecule has 1 aliphatic heterocycles. The summed E-state index contributed by atoms with van der Waals surface area (Å²) in [6.07, 6.45) is 6.43. The predicted octanol–water partition coefficient (Wildman–Crippen LogP) is 4.52. The van der Waals surface area contributed by atoms with Gasteiger partial charge < -0.3 is 9.47 Å². The van der Waals surface area contributed by atoms with Crippen LogP contribution in [-0.2, 0) is 9.47 Å². The average Bonchev–Trinajstić information content (AvgIpc) is 2.86. The highest BCUT2D eigenvalue weighted by atomic mass is 35.5. The fourth-order valence-electron chi connectivity index (χ4n) is 4.29. The maximum absolute atomic E-state index is 5.99. The van der Waals surface area contributed by atoms with Crippen LogP contribution in [-0.4, -0.2) is 24.9 Å². The smallest absolute Gasteiger partial charge is 0.161 e. The van der Waals surface area contributed by atoms with Crippen LogP contribution in [0.1, 0.15) is 52.9 Å². The Hall–Kier alpha value is -0.0500. The summed E-state index contributed by atoms with van der Waals surface area (Å²) in [7, 11) is 0. The lowest BCUT2D eigenvalue weighted by atomic mass is 9.63. The van der Waals surface area contributed by atoms with Crippen molar-refractivity contribution in [1.29, 1.82) is 0 Å². The number of halogens is 1. The summed E-state index contributed by atoms with van der Waals surface area (Å²) in [6, 6.07) is 0. The van der Waals surface area contributed by atoms with Gasteiger partial charge in [-0.2, -0.15) is 0 Å². The monoisotopic (exact) mass is 298 g/mol. The lowest BCUT2D eigenvalue weighted by Crippen LogP contribution is -2.36. The third-order valence-electron chi connectivity index (χ3n) is 5.56. The van der Waals surface area contributed by atoms with E-state index in [1.807, 2.05) is 0 Å². The van der Waals surface area contributed by atoms with Crippen molar-refractivity contribution in [2.75, 3.05) is 12.5 Å². The molecule has 0 bridgehead atoms. The van der Waals surface area contributed by atoms with Gasteiger partial charge in [-0.25, -0.2) is 0 Å². The van der Waals surface area contributed by atoms with Crippen LogP contribution in [0.2, 0.25) is 0 Å². The van der Waals surface area contributed by atoms with E-state index in [1.54, 1.807) is 11.1 Å². The van der Waals surface area contributed by atoms with Gasteiger partial charge in [0.15, 0.2) is 6.29 Å². The molecule has 0 amide bonds. The molecular weight excluding hydrogens is 272 g/mol. The summed E-state index contributed by atoms with van der Waals surface area (Å²) in [5.74, 6) is 1.69. The van der Waals surface area contributed by atoms with E-state index >= 15 is 0 Å². The van der Waals surface area contributed by atoms with Crippen molar-refractivity contribution in [3.8, 4) is 0 Å². The Morgan fingerprint density at radius 3 is 2.80 bits per heavy atom. The van der Waals surface area contributed by atoms with Gasteiger partial charge in [0.05, 0.1) is 18.6 Å². The van der Waals surface area contributed by atoms with Gasteiger partial charge in [-0.1, -0.05) is 31.9 Å².